The first-order valence-electron chi connectivity index (χ1n) is 4.18. The summed E-state index contributed by atoms with van der Waals surface area (Å²) in [5.41, 5.74) is 0. The van der Waals surface area contributed by atoms with Gasteiger partial charge in [0.05, 0.1) is 5.92 Å². The van der Waals surface area contributed by atoms with Crippen molar-refractivity contribution >= 4 is 5.91 Å². The van der Waals surface area contributed by atoms with E-state index in [1.165, 1.54) is 11.9 Å². The van der Waals surface area contributed by atoms with Crippen molar-refractivity contribution in [2.45, 2.75) is 31.2 Å². The Labute approximate surface area is 69.5 Å². The molecule has 4 heteroatoms. The summed E-state index contributed by atoms with van der Waals surface area (Å²) in [5, 5.41) is 0. The third-order valence-corrected chi connectivity index (χ3v) is 2.88. The van der Waals surface area contributed by atoms with Crippen LogP contribution in [-0.4, -0.2) is 29.8 Å². The first-order valence-corrected chi connectivity index (χ1v) is 4.18. The van der Waals surface area contributed by atoms with Crippen LogP contribution in [0.4, 0.5) is 8.78 Å². The van der Waals surface area contributed by atoms with Crippen LogP contribution in [0.2, 0.25) is 0 Å². The number of hydrogen-bond donors (Lipinski definition) is 0. The lowest BCUT2D eigenvalue weighted by atomic mass is 10.2. The second kappa shape index (κ2) is 2.18. The van der Waals surface area contributed by atoms with Gasteiger partial charge in [-0.1, -0.05) is 0 Å². The first kappa shape index (κ1) is 7.95. The average Bonchev–Trinajstić information content (AvgIpc) is 2.55. The molecular formula is C8H11F2NO. The highest BCUT2D eigenvalue weighted by Crippen LogP contribution is 2.55. The van der Waals surface area contributed by atoms with Gasteiger partial charge in [0.25, 0.3) is 5.92 Å². The average molecular weight is 175 g/mol. The third-order valence-electron chi connectivity index (χ3n) is 2.88. The summed E-state index contributed by atoms with van der Waals surface area (Å²) in [5.74, 6) is -3.31. The van der Waals surface area contributed by atoms with Gasteiger partial charge in [-0.15, -0.1) is 0 Å². The smallest absolute Gasteiger partial charge is 0.273 e. The fraction of sp³-hybridized carbons (Fsp3) is 0.875. The fourth-order valence-electron chi connectivity index (χ4n) is 2.06. The lowest BCUT2D eigenvalue weighted by Crippen LogP contribution is -2.31. The monoisotopic (exact) mass is 175 g/mol. The van der Waals surface area contributed by atoms with Crippen molar-refractivity contribution in [3.05, 3.63) is 0 Å². The number of fused-ring (bicyclic) bond motifs is 1. The van der Waals surface area contributed by atoms with Gasteiger partial charge in [0, 0.05) is 13.5 Å². The molecule has 1 aliphatic heterocycles. The molecule has 2 fully saturated rings. The number of nitrogens with zero attached hydrogens (tertiary/aromatic N) is 1. The zero-order valence-corrected chi connectivity index (χ0v) is 6.89. The molecule has 0 radical (unpaired) electrons. The van der Waals surface area contributed by atoms with E-state index in [0.29, 0.717) is 19.3 Å². The van der Waals surface area contributed by atoms with Crippen molar-refractivity contribution in [1.82, 2.24) is 4.90 Å². The van der Waals surface area contributed by atoms with Crippen LogP contribution in [0.1, 0.15) is 19.3 Å². The second-order valence-electron chi connectivity index (χ2n) is 3.62. The highest BCUT2D eigenvalue weighted by molar-refractivity contribution is 5.77. The Balaban J connectivity index is 2.18. The molecule has 0 bridgehead atoms. The van der Waals surface area contributed by atoms with Gasteiger partial charge in [-0.05, 0) is 12.8 Å². The van der Waals surface area contributed by atoms with Gasteiger partial charge >= 0.3 is 0 Å². The zero-order chi connectivity index (χ0) is 8.93. The minimum absolute atomic E-state index is 0.139. The third kappa shape index (κ3) is 0.867. The molecule has 0 aromatic heterocycles. The Kier molecular flexibility index (Phi) is 1.44. The van der Waals surface area contributed by atoms with Crippen molar-refractivity contribution in [3.8, 4) is 0 Å². The number of rotatable bonds is 0. The number of likely N-dealkylation sites (tertiary alicyclic amines) is 1. The van der Waals surface area contributed by atoms with E-state index in [9.17, 15) is 13.6 Å². The van der Waals surface area contributed by atoms with Gasteiger partial charge in [-0.2, -0.15) is 0 Å². The van der Waals surface area contributed by atoms with Gasteiger partial charge < -0.3 is 4.90 Å². The molecule has 1 amide bonds. The summed E-state index contributed by atoms with van der Waals surface area (Å²) < 4.78 is 25.8. The number of carbonyl (C=O) groups is 1. The van der Waals surface area contributed by atoms with E-state index in [1.54, 1.807) is 0 Å². The highest BCUT2D eigenvalue weighted by Gasteiger charge is 2.70. The van der Waals surface area contributed by atoms with Gasteiger partial charge in [-0.3, -0.25) is 4.79 Å². The van der Waals surface area contributed by atoms with Crippen LogP contribution in [0, 0.1) is 5.92 Å². The van der Waals surface area contributed by atoms with Crippen molar-refractivity contribution in [2.75, 3.05) is 7.05 Å². The predicted octanol–water partition coefficient (Wildman–Crippen LogP) is 1.26. The molecule has 68 valence electrons. The molecule has 0 spiro atoms. The topological polar surface area (TPSA) is 20.3 Å². The van der Waals surface area contributed by atoms with Crippen LogP contribution in [0.25, 0.3) is 0 Å². The van der Waals surface area contributed by atoms with Crippen LogP contribution in [0.15, 0.2) is 0 Å². The zero-order valence-electron chi connectivity index (χ0n) is 6.89. The lowest BCUT2D eigenvalue weighted by Gasteiger charge is -2.14. The Hall–Kier alpha value is -0.670. The quantitative estimate of drug-likeness (QED) is 0.542. The van der Waals surface area contributed by atoms with E-state index < -0.39 is 17.9 Å². The first-order chi connectivity index (χ1) is 5.55. The Bertz CT molecular complexity index is 229. The lowest BCUT2D eigenvalue weighted by molar-refractivity contribution is -0.131. The molecule has 2 aliphatic rings. The van der Waals surface area contributed by atoms with Crippen molar-refractivity contribution in [3.63, 3.8) is 0 Å². The van der Waals surface area contributed by atoms with Crippen LogP contribution >= 0.6 is 0 Å². The molecule has 1 heterocycles. The van der Waals surface area contributed by atoms with E-state index in [4.69, 9.17) is 0 Å². The number of hydrogen-bond acceptors (Lipinski definition) is 1. The van der Waals surface area contributed by atoms with Crippen molar-refractivity contribution in [1.29, 1.82) is 0 Å². The molecule has 0 aromatic rings. The van der Waals surface area contributed by atoms with Crippen LogP contribution in [0.5, 0.6) is 0 Å². The fourth-order valence-corrected chi connectivity index (χ4v) is 2.06. The highest BCUT2D eigenvalue weighted by atomic mass is 19.3. The van der Waals surface area contributed by atoms with Crippen LogP contribution in [0.3, 0.4) is 0 Å². The molecule has 12 heavy (non-hydrogen) atoms. The summed E-state index contributed by atoms with van der Waals surface area (Å²) in [4.78, 5) is 12.4. The van der Waals surface area contributed by atoms with Gasteiger partial charge in [0.1, 0.15) is 6.04 Å². The standard InChI is InChI=1S/C8H11F2NO/c1-11-6(12)4-2-3-5-7(11)8(5,9)10/h5,7H,2-4H2,1H3. The minimum atomic E-state index is -2.61. The number of amides is 1. The molecule has 2 unspecified atom stereocenters. The maximum absolute atomic E-state index is 12.9. The normalized spacial score (nSPS) is 38.9. The largest absolute Gasteiger partial charge is 0.336 e. The van der Waals surface area contributed by atoms with Crippen LogP contribution in [-0.2, 0) is 4.79 Å². The second-order valence-corrected chi connectivity index (χ2v) is 3.62. The molecule has 0 aromatic carbocycles. The predicted molar refractivity (Wildman–Crippen MR) is 38.8 cm³/mol. The van der Waals surface area contributed by atoms with Crippen molar-refractivity contribution < 1.29 is 13.6 Å². The number of alkyl halides is 2. The molecule has 2 nitrogen and oxygen atoms in total. The summed E-state index contributed by atoms with van der Waals surface area (Å²) in [6.07, 6.45) is 1.53. The van der Waals surface area contributed by atoms with Crippen LogP contribution < -0.4 is 0 Å². The molecule has 1 saturated carbocycles. The SMILES string of the molecule is CN1C(=O)CCCC2C1C2(F)F. The summed E-state index contributed by atoms with van der Waals surface area (Å²) in [6, 6.07) is -0.799. The molecule has 1 saturated heterocycles. The van der Waals surface area contributed by atoms with Gasteiger partial charge in [0.15, 0.2) is 0 Å². The van der Waals surface area contributed by atoms with Gasteiger partial charge in [-0.25, -0.2) is 8.78 Å². The molecule has 0 N–H and O–H groups in total. The van der Waals surface area contributed by atoms with E-state index in [2.05, 4.69) is 0 Å². The Morgan fingerprint density at radius 2 is 2.25 bits per heavy atom. The Morgan fingerprint density at radius 1 is 1.58 bits per heavy atom. The maximum Gasteiger partial charge on any atom is 0.273 e. The van der Waals surface area contributed by atoms with Crippen molar-refractivity contribution in [2.24, 2.45) is 5.92 Å². The summed E-state index contributed by atoms with van der Waals surface area (Å²) in [7, 11) is 1.48. The number of halogens is 2. The van der Waals surface area contributed by atoms with Gasteiger partial charge in [0.2, 0.25) is 5.91 Å². The van der Waals surface area contributed by atoms with E-state index in [-0.39, 0.29) is 5.91 Å². The molecule has 1 aliphatic carbocycles. The molecule has 2 rings (SSSR count). The van der Waals surface area contributed by atoms with E-state index in [1.807, 2.05) is 0 Å². The molecule has 2 atom stereocenters. The Morgan fingerprint density at radius 3 is 2.92 bits per heavy atom. The molecular weight excluding hydrogens is 164 g/mol. The van der Waals surface area contributed by atoms with E-state index in [0.717, 1.165) is 0 Å². The summed E-state index contributed by atoms with van der Waals surface area (Å²) in [6.45, 7) is 0. The summed E-state index contributed by atoms with van der Waals surface area (Å²) >= 11 is 0. The number of carbonyl (C=O) groups excluding carboxylic acids is 1. The van der Waals surface area contributed by atoms with E-state index >= 15 is 0 Å². The minimum Gasteiger partial charge on any atom is -0.336 e. The maximum atomic E-state index is 12.9.